The molecule has 36 heteroatoms. The van der Waals surface area contributed by atoms with E-state index in [1.165, 1.54) is 55.9 Å². The number of thiophene rings is 4. The molecule has 4 aliphatic carbocycles. The normalized spacial score (nSPS) is 33.3. The van der Waals surface area contributed by atoms with Crippen LogP contribution >= 0.6 is 45.3 Å². The Hall–Kier alpha value is -5.16. The molecule has 1 N–H and O–H groups in total. The SMILES string of the molecule is COCOC1C2OC3(C)OC1C(OC(=O)c1cc(C4=C(c5cc(C(=O)O[C@H]6C7OC8(C)OC6[C@H](OCOC)[C@H](O8)C7C)sc5C)C(F)(F)C(F)(F)C4(F)F)c(C)s1)[C@H](O3)C2OCOC.Cc1sc(OC=O)cc1C1=C(c2cc(C(=O)O)sc2C)C(F)(F)C(F)(F)C1(F)F. The first kappa shape index (κ1) is 69.2. The molecule has 6 aliphatic heterocycles. The molecular formula is C57H54F12O20S4. The molecule has 93 heavy (non-hydrogen) atoms. The number of hydrogen-bond acceptors (Lipinski definition) is 23. The van der Waals surface area contributed by atoms with Gasteiger partial charge >= 0.3 is 53.4 Å². The molecule has 4 aromatic heterocycles. The largest absolute Gasteiger partial charge is 0.477 e. The maximum atomic E-state index is 16.1. The summed E-state index contributed by atoms with van der Waals surface area (Å²) in [6.07, 6.45) is -10.2. The van der Waals surface area contributed by atoms with Gasteiger partial charge in [-0.2, -0.15) is 52.7 Å². The predicted octanol–water partition coefficient (Wildman–Crippen LogP) is 11.1. The minimum absolute atomic E-state index is 0.0253. The van der Waals surface area contributed by atoms with E-state index in [-0.39, 0.29) is 56.3 Å². The van der Waals surface area contributed by atoms with Crippen LogP contribution in [0.2, 0.25) is 0 Å². The Morgan fingerprint density at radius 1 is 0.473 bits per heavy atom. The predicted molar refractivity (Wildman–Crippen MR) is 297 cm³/mol. The first-order valence-corrected chi connectivity index (χ1v) is 31.0. The van der Waals surface area contributed by atoms with E-state index in [9.17, 15) is 45.5 Å². The van der Waals surface area contributed by atoms with Gasteiger partial charge in [0.05, 0.1) is 6.10 Å². The molecule has 4 aromatic rings. The third-order valence-corrected chi connectivity index (χ3v) is 20.9. The molecule has 0 radical (unpaired) electrons. The monoisotopic (exact) mass is 1410 g/mol. The second-order valence-corrected chi connectivity index (χ2v) is 27.7. The lowest BCUT2D eigenvalue weighted by Crippen LogP contribution is -2.79. The van der Waals surface area contributed by atoms with Crippen molar-refractivity contribution in [3.05, 3.63) is 80.7 Å². The van der Waals surface area contributed by atoms with Crippen molar-refractivity contribution >= 4 is 92.0 Å². The zero-order valence-electron chi connectivity index (χ0n) is 49.8. The van der Waals surface area contributed by atoms with Crippen LogP contribution in [0.25, 0.3) is 22.3 Å². The van der Waals surface area contributed by atoms with Crippen molar-refractivity contribution in [2.45, 2.75) is 163 Å². The van der Waals surface area contributed by atoms with Crippen molar-refractivity contribution in [3.63, 3.8) is 0 Å². The molecule has 2 saturated carbocycles. The number of esters is 2. The highest BCUT2D eigenvalue weighted by molar-refractivity contribution is 7.15. The van der Waals surface area contributed by atoms with Gasteiger partial charge in [0.1, 0.15) is 83.8 Å². The summed E-state index contributed by atoms with van der Waals surface area (Å²) in [5.74, 6) is -40.4. The summed E-state index contributed by atoms with van der Waals surface area (Å²) < 4.78 is 267. The molecule has 14 atom stereocenters. The Balaban J connectivity index is 0.000000255. The highest BCUT2D eigenvalue weighted by Gasteiger charge is 2.82. The van der Waals surface area contributed by atoms with Gasteiger partial charge < -0.3 is 76.2 Å². The van der Waals surface area contributed by atoms with Crippen molar-refractivity contribution in [1.29, 1.82) is 0 Å². The minimum Gasteiger partial charge on any atom is -0.477 e. The molecule has 6 saturated heterocycles. The molecular weight excluding hydrogens is 1360 g/mol. The molecule has 0 aromatic carbocycles. The number of carboxylic acid groups (broad SMARTS) is 1. The van der Waals surface area contributed by atoms with Crippen molar-refractivity contribution in [2.24, 2.45) is 5.92 Å². The number of hydrogen-bond donors (Lipinski definition) is 1. The summed E-state index contributed by atoms with van der Waals surface area (Å²) in [6, 6.07) is 3.08. The summed E-state index contributed by atoms with van der Waals surface area (Å²) >= 11 is 2.26. The smallest absolute Gasteiger partial charge is 0.380 e. The van der Waals surface area contributed by atoms with Gasteiger partial charge in [-0.25, -0.2) is 14.4 Å². The van der Waals surface area contributed by atoms with Crippen molar-refractivity contribution in [3.8, 4) is 5.06 Å². The van der Waals surface area contributed by atoms with E-state index in [1.54, 1.807) is 13.8 Å². The van der Waals surface area contributed by atoms with E-state index in [0.29, 0.717) is 51.4 Å². The van der Waals surface area contributed by atoms with Gasteiger partial charge in [0.25, 0.3) is 18.4 Å². The first-order valence-electron chi connectivity index (χ1n) is 27.7. The van der Waals surface area contributed by atoms with Crippen LogP contribution in [0.5, 0.6) is 5.06 Å². The van der Waals surface area contributed by atoms with Gasteiger partial charge in [0.2, 0.25) is 0 Å². The van der Waals surface area contributed by atoms with Gasteiger partial charge in [-0.1, -0.05) is 6.92 Å². The van der Waals surface area contributed by atoms with Crippen LogP contribution in [-0.4, -0.2) is 186 Å². The van der Waals surface area contributed by atoms with Crippen LogP contribution in [-0.2, 0) is 71.1 Å². The first-order chi connectivity index (χ1) is 43.4. The standard InChI is InChI=1S/C40H44F6O16S2.C17H10F6O4S2/c1-14-23-25(52-11-49-6)31-28(24(14)58-36(4,57-23)60-31)55-34(47)19-9-17(15(2)63-19)21-22(39(43,44)40(45,46)38(21,41)42)18-10-20(64-16(18)3)35(48)56-29-32-26(53-12-50-7)30-27(54-13-51-8)33(29)62-37(5,59-30)61-32;1-6-8(3-10(28-6)14(25)26)12-13(9-4-11(27-5-24)29-7(9)2)16(20,21)17(22,23)15(12,18)19/h9-10,14,23-33H,11-13H2,1-8H3;3-5H,1-2H3,(H,25,26)/t14?,23-,24?,25-,26?,27?,28+,29?,30?,31?,32-,33?,36?,37?;/m1./s1. The number of aromatic carboxylic acids is 1. The van der Waals surface area contributed by atoms with Crippen molar-refractivity contribution < 1.29 is 148 Å². The fraction of sp³-hybridized carbons (Fsp3) is 0.579. The molecule has 10 heterocycles. The number of carbonyl (C=O) groups is 4. The highest BCUT2D eigenvalue weighted by Crippen LogP contribution is 2.68. The summed E-state index contributed by atoms with van der Waals surface area (Å²) in [6.45, 7) is 8.99. The molecule has 20 nitrogen and oxygen atoms in total. The maximum absolute atomic E-state index is 16.1. The van der Waals surface area contributed by atoms with Crippen LogP contribution in [0.3, 0.4) is 0 Å². The van der Waals surface area contributed by atoms with E-state index >= 15 is 26.3 Å². The van der Waals surface area contributed by atoms with E-state index in [0.717, 1.165) is 18.2 Å². The number of carboxylic acids is 1. The average molecular weight is 1420 g/mol. The Kier molecular flexibility index (Phi) is 18.0. The Morgan fingerprint density at radius 2 is 0.763 bits per heavy atom. The fourth-order valence-electron chi connectivity index (χ4n) is 12.8. The Bertz CT molecular complexity index is 3670. The number of carbonyl (C=O) groups excluding carboxylic acids is 3. The van der Waals surface area contributed by atoms with Gasteiger partial charge in [-0.15, -0.1) is 45.3 Å². The number of ether oxygens (including phenoxy) is 15. The number of halogens is 12. The lowest BCUT2D eigenvalue weighted by molar-refractivity contribution is -0.536. The van der Waals surface area contributed by atoms with Crippen LogP contribution in [0.4, 0.5) is 52.7 Å². The second kappa shape index (κ2) is 24.1. The summed E-state index contributed by atoms with van der Waals surface area (Å²) in [5, 5.41) is 8.80. The third kappa shape index (κ3) is 10.9. The Morgan fingerprint density at radius 3 is 1.11 bits per heavy atom. The zero-order chi connectivity index (χ0) is 68.0. The molecule has 0 amide bonds. The van der Waals surface area contributed by atoms with Gasteiger partial charge in [-0.3, -0.25) is 4.79 Å². The third-order valence-electron chi connectivity index (χ3n) is 16.8. The van der Waals surface area contributed by atoms with Crippen LogP contribution in [0.1, 0.15) is 91.5 Å². The molecule has 10 aliphatic rings. The van der Waals surface area contributed by atoms with E-state index in [1.807, 2.05) is 0 Å². The average Bonchev–Trinajstić information content (AvgIpc) is 1.61. The van der Waals surface area contributed by atoms with Crippen LogP contribution in [0.15, 0.2) is 24.3 Å². The van der Waals surface area contributed by atoms with Gasteiger partial charge in [0, 0.05) is 94.5 Å². The lowest BCUT2D eigenvalue weighted by atomic mass is 9.76. The van der Waals surface area contributed by atoms with E-state index in [4.69, 9.17) is 71.4 Å². The molecule has 0 spiro atoms. The summed E-state index contributed by atoms with van der Waals surface area (Å²) in [5.41, 5.74) is -9.58. The minimum atomic E-state index is -5.95. The van der Waals surface area contributed by atoms with Gasteiger partial charge in [0.15, 0.2) is 17.3 Å². The summed E-state index contributed by atoms with van der Waals surface area (Å²) in [7, 11) is 4.17. The van der Waals surface area contributed by atoms with Crippen molar-refractivity contribution in [2.75, 3.05) is 41.7 Å². The zero-order valence-corrected chi connectivity index (χ0v) is 53.1. The fourth-order valence-corrected chi connectivity index (χ4v) is 16.3. The van der Waals surface area contributed by atoms with E-state index in [2.05, 4.69) is 4.74 Å². The van der Waals surface area contributed by atoms with Crippen LogP contribution in [0, 0.1) is 33.6 Å². The lowest BCUT2D eigenvalue weighted by Gasteiger charge is -2.61. The quantitative estimate of drug-likeness (QED) is 0.0375. The number of allylic oxidation sites excluding steroid dienone is 4. The van der Waals surface area contributed by atoms with E-state index < -0.39 is 193 Å². The number of aryl methyl sites for hydroxylation is 4. The second-order valence-electron chi connectivity index (χ2n) is 22.7. The maximum Gasteiger partial charge on any atom is 0.380 e. The van der Waals surface area contributed by atoms with Crippen molar-refractivity contribution in [1.82, 2.24) is 0 Å². The van der Waals surface area contributed by atoms with Crippen LogP contribution < -0.4 is 4.74 Å². The summed E-state index contributed by atoms with van der Waals surface area (Å²) in [4.78, 5) is 47.6. The molecule has 14 rings (SSSR count). The topological polar surface area (TPSA) is 227 Å². The molecule has 8 bridgehead atoms. The number of methoxy groups -OCH3 is 3. The molecule has 510 valence electrons. The Labute approximate surface area is 534 Å². The van der Waals surface area contributed by atoms with Gasteiger partial charge in [-0.05, 0) is 62.6 Å². The highest BCUT2D eigenvalue weighted by atomic mass is 32.1. The number of alkyl halides is 12. The molecule has 8 fully saturated rings. The molecule has 10 unspecified atom stereocenters. The number of rotatable bonds is 20.